The summed E-state index contributed by atoms with van der Waals surface area (Å²) in [6.45, 7) is 5.91. The van der Waals surface area contributed by atoms with Gasteiger partial charge in [0.2, 0.25) is 0 Å². The maximum absolute atomic E-state index is 11.4. The molecule has 22 heavy (non-hydrogen) atoms. The molecule has 6 heteroatoms. The van der Waals surface area contributed by atoms with Crippen LogP contribution in [0.4, 0.5) is 11.6 Å². The first-order chi connectivity index (χ1) is 10.4. The van der Waals surface area contributed by atoms with Crippen LogP contribution in [0.5, 0.6) is 0 Å². The Morgan fingerprint density at radius 2 is 1.73 bits per heavy atom. The lowest BCUT2D eigenvalue weighted by Gasteiger charge is -2.16. The summed E-state index contributed by atoms with van der Waals surface area (Å²) in [6, 6.07) is 10.2. The second kappa shape index (κ2) is 6.79. The highest BCUT2D eigenvalue weighted by atomic mass is 32.2. The number of benzene rings is 1. The van der Waals surface area contributed by atoms with Crippen molar-refractivity contribution in [3.8, 4) is 0 Å². The van der Waals surface area contributed by atoms with Gasteiger partial charge in [-0.25, -0.2) is 8.42 Å². The van der Waals surface area contributed by atoms with Gasteiger partial charge < -0.3 is 9.32 Å². The Morgan fingerprint density at radius 3 is 2.27 bits per heavy atom. The van der Waals surface area contributed by atoms with Crippen LogP contribution >= 0.6 is 0 Å². The highest BCUT2D eigenvalue weighted by Crippen LogP contribution is 2.19. The first-order valence-electron chi connectivity index (χ1n) is 7.13. The summed E-state index contributed by atoms with van der Waals surface area (Å²) in [6.07, 6.45) is 2.81. The minimum atomic E-state index is -3.17. The maximum atomic E-state index is 11.4. The third-order valence-electron chi connectivity index (χ3n) is 3.29. The van der Waals surface area contributed by atoms with E-state index in [1.54, 1.807) is 30.5 Å². The highest BCUT2D eigenvalue weighted by molar-refractivity contribution is 7.90. The van der Waals surface area contributed by atoms with Crippen molar-refractivity contribution in [3.63, 3.8) is 0 Å². The fourth-order valence-corrected chi connectivity index (χ4v) is 2.66. The molecule has 5 nitrogen and oxygen atoms in total. The molecule has 0 amide bonds. The van der Waals surface area contributed by atoms with Crippen molar-refractivity contribution >= 4 is 27.6 Å². The Balaban J connectivity index is 2.12. The van der Waals surface area contributed by atoms with E-state index < -0.39 is 9.84 Å². The molecule has 2 aromatic rings. The summed E-state index contributed by atoms with van der Waals surface area (Å²) in [4.78, 5) is 6.69. The minimum absolute atomic E-state index is 0.285. The molecule has 0 aliphatic carbocycles. The van der Waals surface area contributed by atoms with Gasteiger partial charge in [-0.3, -0.25) is 4.99 Å². The molecule has 0 N–H and O–H groups in total. The molecule has 0 saturated carbocycles. The van der Waals surface area contributed by atoms with Crippen molar-refractivity contribution in [3.05, 3.63) is 42.2 Å². The smallest absolute Gasteiger partial charge is 0.196 e. The largest absolute Gasteiger partial charge is 0.440 e. The Bertz CT molecular complexity index is 742. The van der Waals surface area contributed by atoms with Gasteiger partial charge in [0.05, 0.1) is 16.8 Å². The van der Waals surface area contributed by atoms with Gasteiger partial charge in [0.25, 0.3) is 0 Å². The third-order valence-corrected chi connectivity index (χ3v) is 4.42. The van der Waals surface area contributed by atoms with E-state index >= 15 is 0 Å². The lowest BCUT2D eigenvalue weighted by atomic mass is 10.3. The van der Waals surface area contributed by atoms with Gasteiger partial charge in [-0.1, -0.05) is 0 Å². The van der Waals surface area contributed by atoms with Crippen molar-refractivity contribution in [1.82, 2.24) is 0 Å². The molecular weight excluding hydrogens is 300 g/mol. The van der Waals surface area contributed by atoms with E-state index in [-0.39, 0.29) is 4.90 Å². The average molecular weight is 320 g/mol. The molecule has 0 saturated heterocycles. The number of aliphatic imine (C=N–C) groups is 1. The van der Waals surface area contributed by atoms with Gasteiger partial charge in [0.15, 0.2) is 15.7 Å². The van der Waals surface area contributed by atoms with E-state index in [4.69, 9.17) is 4.42 Å². The standard InChI is InChI=1S/C16H20N2O3S/c1-4-18(5-2)16-11-8-14(21-16)12-17-13-6-9-15(10-7-13)22(3,19)20/h6-12H,4-5H2,1-3H3. The Hall–Kier alpha value is -2.08. The van der Waals surface area contributed by atoms with Crippen LogP contribution in [-0.4, -0.2) is 34.0 Å². The molecule has 2 rings (SSSR count). The van der Waals surface area contributed by atoms with Crippen LogP contribution in [0.3, 0.4) is 0 Å². The zero-order valence-corrected chi connectivity index (χ0v) is 13.8. The zero-order chi connectivity index (χ0) is 16.2. The molecule has 0 unspecified atom stereocenters. The van der Waals surface area contributed by atoms with E-state index in [1.807, 2.05) is 12.1 Å². The fourth-order valence-electron chi connectivity index (χ4n) is 2.03. The summed E-state index contributed by atoms with van der Waals surface area (Å²) in [5.41, 5.74) is 0.674. The van der Waals surface area contributed by atoms with Crippen LogP contribution in [0.25, 0.3) is 0 Å². The van der Waals surface area contributed by atoms with Crippen molar-refractivity contribution in [2.45, 2.75) is 18.7 Å². The summed E-state index contributed by atoms with van der Waals surface area (Å²) in [5, 5.41) is 0. The second-order valence-electron chi connectivity index (χ2n) is 4.87. The monoisotopic (exact) mass is 320 g/mol. The number of hydrogen-bond acceptors (Lipinski definition) is 5. The van der Waals surface area contributed by atoms with E-state index in [1.165, 1.54) is 6.26 Å². The average Bonchev–Trinajstić information content (AvgIpc) is 2.95. The van der Waals surface area contributed by atoms with Crippen LogP contribution in [0.1, 0.15) is 19.6 Å². The van der Waals surface area contributed by atoms with Crippen molar-refractivity contribution in [1.29, 1.82) is 0 Å². The van der Waals surface area contributed by atoms with Crippen molar-refractivity contribution < 1.29 is 12.8 Å². The van der Waals surface area contributed by atoms with Crippen LogP contribution in [0.2, 0.25) is 0 Å². The molecule has 0 spiro atoms. The number of furan rings is 1. The number of sulfone groups is 1. The summed E-state index contributed by atoms with van der Waals surface area (Å²) >= 11 is 0. The number of hydrogen-bond donors (Lipinski definition) is 0. The van der Waals surface area contributed by atoms with Crippen LogP contribution < -0.4 is 4.90 Å². The Labute approximate surface area is 131 Å². The third kappa shape index (κ3) is 3.98. The van der Waals surface area contributed by atoms with Crippen LogP contribution in [0, 0.1) is 0 Å². The summed E-state index contributed by atoms with van der Waals surface area (Å²) < 4.78 is 28.5. The Morgan fingerprint density at radius 1 is 1.09 bits per heavy atom. The quantitative estimate of drug-likeness (QED) is 0.766. The van der Waals surface area contributed by atoms with Crippen LogP contribution in [-0.2, 0) is 9.84 Å². The van der Waals surface area contributed by atoms with Gasteiger partial charge >= 0.3 is 0 Å². The van der Waals surface area contributed by atoms with Gasteiger partial charge in [-0.2, -0.15) is 0 Å². The number of anilines is 1. The number of rotatable bonds is 6. The number of nitrogens with zero attached hydrogens (tertiary/aromatic N) is 2. The van der Waals surface area contributed by atoms with Crippen molar-refractivity contribution in [2.75, 3.05) is 24.2 Å². The van der Waals surface area contributed by atoms with Crippen molar-refractivity contribution in [2.24, 2.45) is 4.99 Å². The first kappa shape index (κ1) is 16.3. The second-order valence-corrected chi connectivity index (χ2v) is 6.89. The molecule has 0 atom stereocenters. The lowest BCUT2D eigenvalue weighted by Crippen LogP contribution is -2.20. The molecule has 0 radical (unpaired) electrons. The maximum Gasteiger partial charge on any atom is 0.196 e. The summed E-state index contributed by atoms with van der Waals surface area (Å²) in [7, 11) is -3.17. The minimum Gasteiger partial charge on any atom is -0.440 e. The van der Waals surface area contributed by atoms with Gasteiger partial charge in [0.1, 0.15) is 5.76 Å². The molecule has 0 fully saturated rings. The molecule has 1 aromatic carbocycles. The van der Waals surface area contributed by atoms with E-state index in [0.717, 1.165) is 19.0 Å². The molecule has 118 valence electrons. The molecule has 0 bridgehead atoms. The van der Waals surface area contributed by atoms with Gasteiger partial charge in [-0.05, 0) is 44.2 Å². The van der Waals surface area contributed by atoms with Crippen LogP contribution in [0.15, 0.2) is 50.7 Å². The molecule has 0 aliphatic heterocycles. The zero-order valence-electron chi connectivity index (χ0n) is 13.0. The lowest BCUT2D eigenvalue weighted by molar-refractivity contribution is 0.544. The summed E-state index contributed by atoms with van der Waals surface area (Å²) in [5.74, 6) is 1.48. The molecule has 1 heterocycles. The van der Waals surface area contributed by atoms with Gasteiger partial charge in [0, 0.05) is 25.4 Å². The van der Waals surface area contributed by atoms with E-state index in [2.05, 4.69) is 23.7 Å². The van der Waals surface area contributed by atoms with E-state index in [9.17, 15) is 8.42 Å². The predicted octanol–water partition coefficient (Wildman–Crippen LogP) is 3.28. The fraction of sp³-hybridized carbons (Fsp3) is 0.312. The normalized spacial score (nSPS) is 12.0. The highest BCUT2D eigenvalue weighted by Gasteiger charge is 2.07. The van der Waals surface area contributed by atoms with Gasteiger partial charge in [-0.15, -0.1) is 0 Å². The first-order valence-corrected chi connectivity index (χ1v) is 9.02. The molecule has 1 aromatic heterocycles. The Kier molecular flexibility index (Phi) is 5.03. The topological polar surface area (TPSA) is 62.9 Å². The molecule has 0 aliphatic rings. The molecular formula is C16H20N2O3S. The predicted molar refractivity (Wildman–Crippen MR) is 89.1 cm³/mol. The SMILES string of the molecule is CCN(CC)c1ccc(C=Nc2ccc(S(C)(=O)=O)cc2)o1. The van der Waals surface area contributed by atoms with E-state index in [0.29, 0.717) is 11.4 Å².